The number of benzene rings is 1. The van der Waals surface area contributed by atoms with E-state index in [0.717, 1.165) is 30.8 Å². The topological polar surface area (TPSA) is 81.8 Å². The lowest BCUT2D eigenvalue weighted by Crippen LogP contribution is -2.47. The lowest BCUT2D eigenvalue weighted by Gasteiger charge is -2.34. The number of aromatic nitrogens is 2. The molecule has 0 spiro atoms. The first kappa shape index (κ1) is 27.4. The summed E-state index contributed by atoms with van der Waals surface area (Å²) in [7, 11) is 0. The molecule has 1 aromatic carbocycles. The maximum Gasteiger partial charge on any atom is 0.573 e. The smallest absolute Gasteiger partial charge is 0.406 e. The molecule has 0 unspecified atom stereocenters. The number of ether oxygens (including phenoxy) is 2. The molecule has 0 radical (unpaired) electrons. The van der Waals surface area contributed by atoms with Crippen molar-refractivity contribution >= 4 is 39.9 Å². The van der Waals surface area contributed by atoms with Gasteiger partial charge in [-0.2, -0.15) is 0 Å². The van der Waals surface area contributed by atoms with E-state index in [9.17, 15) is 18.0 Å². The average Bonchev–Trinajstić information content (AvgIpc) is 3.58. The SMILES string of the molecule is CC(C)N1CCC(NC(=O)Oc2cc3cc(OC(F)(F)F)ccc3n2Cc2cc(-c3ccc(Cl)s3)on2)CC1. The van der Waals surface area contributed by atoms with Gasteiger partial charge in [0.1, 0.15) is 11.4 Å². The summed E-state index contributed by atoms with van der Waals surface area (Å²) in [6.45, 7) is 6.16. The van der Waals surface area contributed by atoms with Crippen LogP contribution in [0.2, 0.25) is 4.34 Å². The van der Waals surface area contributed by atoms with Crippen molar-refractivity contribution in [3.05, 3.63) is 52.5 Å². The van der Waals surface area contributed by atoms with Crippen LogP contribution in [0.3, 0.4) is 0 Å². The molecular weight excluding hydrogens is 557 g/mol. The highest BCUT2D eigenvalue weighted by Gasteiger charge is 2.31. The molecule has 8 nitrogen and oxygen atoms in total. The van der Waals surface area contributed by atoms with Crippen molar-refractivity contribution in [1.29, 1.82) is 0 Å². The molecule has 208 valence electrons. The number of hydrogen-bond donors (Lipinski definition) is 1. The molecular formula is C26H26ClF3N4O4S. The predicted molar refractivity (Wildman–Crippen MR) is 141 cm³/mol. The molecule has 13 heteroatoms. The van der Waals surface area contributed by atoms with Crippen LogP contribution < -0.4 is 14.8 Å². The third-order valence-electron chi connectivity index (χ3n) is 6.54. The Morgan fingerprint density at radius 1 is 1.21 bits per heavy atom. The Balaban J connectivity index is 1.38. The number of fused-ring (bicyclic) bond motifs is 1. The Morgan fingerprint density at radius 2 is 1.97 bits per heavy atom. The number of nitrogens with zero attached hydrogens (tertiary/aromatic N) is 3. The Bertz CT molecular complexity index is 1460. The van der Waals surface area contributed by atoms with Crippen LogP contribution in [0.15, 0.2) is 47.0 Å². The van der Waals surface area contributed by atoms with Crippen LogP contribution >= 0.6 is 22.9 Å². The minimum Gasteiger partial charge on any atom is -0.406 e. The van der Waals surface area contributed by atoms with E-state index in [2.05, 4.69) is 34.0 Å². The molecule has 0 aliphatic carbocycles. The fourth-order valence-corrected chi connectivity index (χ4v) is 5.62. The first-order valence-electron chi connectivity index (χ1n) is 12.4. The summed E-state index contributed by atoms with van der Waals surface area (Å²) in [6.07, 6.45) is -3.88. The highest BCUT2D eigenvalue weighted by atomic mass is 35.5. The number of rotatable bonds is 7. The van der Waals surface area contributed by atoms with Crippen molar-refractivity contribution in [3.8, 4) is 22.3 Å². The van der Waals surface area contributed by atoms with E-state index in [0.29, 0.717) is 32.7 Å². The number of carbonyl (C=O) groups excluding carboxylic acids is 1. The highest BCUT2D eigenvalue weighted by Crippen LogP contribution is 2.34. The number of halogens is 4. The van der Waals surface area contributed by atoms with Gasteiger partial charge in [0, 0.05) is 42.7 Å². The van der Waals surface area contributed by atoms with Crippen LogP contribution in [0.25, 0.3) is 21.5 Å². The number of likely N-dealkylation sites (tertiary alicyclic amines) is 1. The minimum atomic E-state index is -4.83. The van der Waals surface area contributed by atoms with Gasteiger partial charge in [-0.25, -0.2) is 4.79 Å². The minimum absolute atomic E-state index is 0.0344. The largest absolute Gasteiger partial charge is 0.573 e. The quantitative estimate of drug-likeness (QED) is 0.255. The van der Waals surface area contributed by atoms with E-state index in [1.165, 1.54) is 35.6 Å². The fourth-order valence-electron chi connectivity index (χ4n) is 4.63. The Labute approximate surface area is 231 Å². The second kappa shape index (κ2) is 11.1. The standard InChI is InChI=1S/C26H26ClF3N4O4S/c1-15(2)33-9-7-17(8-10-33)31-25(35)36-24-12-16-11-19(37-26(28,29)30)3-4-20(16)34(24)14-18-13-21(38-32-18)22-5-6-23(27)39-22/h3-6,11-13,15,17H,7-10,14H2,1-2H3,(H,31,35). The van der Waals surface area contributed by atoms with E-state index >= 15 is 0 Å². The molecule has 0 bridgehead atoms. The van der Waals surface area contributed by atoms with Crippen LogP contribution in [0.1, 0.15) is 32.4 Å². The number of alkyl halides is 3. The van der Waals surface area contributed by atoms with E-state index in [-0.39, 0.29) is 24.2 Å². The molecule has 1 aliphatic heterocycles. The number of amides is 1. The maximum absolute atomic E-state index is 12.8. The number of piperidine rings is 1. The van der Waals surface area contributed by atoms with Crippen molar-refractivity contribution in [2.45, 2.75) is 51.7 Å². The number of nitrogens with one attached hydrogen (secondary N) is 1. The maximum atomic E-state index is 12.8. The molecule has 4 heterocycles. The van der Waals surface area contributed by atoms with Gasteiger partial charge in [0.05, 0.1) is 21.3 Å². The summed E-state index contributed by atoms with van der Waals surface area (Å²) >= 11 is 7.36. The lowest BCUT2D eigenvalue weighted by atomic mass is 10.0. The van der Waals surface area contributed by atoms with Gasteiger partial charge in [0.25, 0.3) is 0 Å². The van der Waals surface area contributed by atoms with Crippen LogP contribution in [-0.4, -0.2) is 52.3 Å². The fraction of sp³-hybridized carbons (Fsp3) is 0.385. The summed E-state index contributed by atoms with van der Waals surface area (Å²) < 4.78 is 55.8. The molecule has 1 aliphatic rings. The van der Waals surface area contributed by atoms with E-state index in [1.807, 2.05) is 6.07 Å². The summed E-state index contributed by atoms with van der Waals surface area (Å²) in [6, 6.07) is 11.1. The second-order valence-electron chi connectivity index (χ2n) is 9.56. The summed E-state index contributed by atoms with van der Waals surface area (Å²) in [5.41, 5.74) is 1.05. The van der Waals surface area contributed by atoms with Crippen molar-refractivity contribution in [3.63, 3.8) is 0 Å². The van der Waals surface area contributed by atoms with Gasteiger partial charge >= 0.3 is 12.5 Å². The normalized spacial score (nSPS) is 15.3. The van der Waals surface area contributed by atoms with Crippen molar-refractivity contribution < 1.29 is 32.0 Å². The predicted octanol–water partition coefficient (Wildman–Crippen LogP) is 6.92. The van der Waals surface area contributed by atoms with Crippen LogP contribution in [-0.2, 0) is 6.54 Å². The third-order valence-corrected chi connectivity index (χ3v) is 7.79. The second-order valence-corrected chi connectivity index (χ2v) is 11.3. The molecule has 0 saturated carbocycles. The number of thiophene rings is 1. The lowest BCUT2D eigenvalue weighted by molar-refractivity contribution is -0.274. The Hall–Kier alpha value is -3.22. The van der Waals surface area contributed by atoms with Crippen molar-refractivity contribution in [2.24, 2.45) is 0 Å². The van der Waals surface area contributed by atoms with Crippen LogP contribution in [0, 0.1) is 0 Å². The van der Waals surface area contributed by atoms with Gasteiger partial charge in [0.2, 0.25) is 5.88 Å². The molecule has 3 aromatic heterocycles. The van der Waals surface area contributed by atoms with Gasteiger partial charge in [-0.1, -0.05) is 16.8 Å². The summed E-state index contributed by atoms with van der Waals surface area (Å²) in [5, 5.41) is 7.43. The van der Waals surface area contributed by atoms with Gasteiger partial charge in [0.15, 0.2) is 5.76 Å². The molecule has 1 N–H and O–H groups in total. The Morgan fingerprint density at radius 3 is 2.64 bits per heavy atom. The zero-order valence-corrected chi connectivity index (χ0v) is 22.7. The number of hydrogen-bond acceptors (Lipinski definition) is 7. The van der Waals surface area contributed by atoms with E-state index in [1.54, 1.807) is 16.7 Å². The molecule has 1 amide bonds. The molecule has 39 heavy (non-hydrogen) atoms. The van der Waals surface area contributed by atoms with Gasteiger partial charge in [-0.05, 0) is 57.0 Å². The van der Waals surface area contributed by atoms with Crippen molar-refractivity contribution in [2.75, 3.05) is 13.1 Å². The van der Waals surface area contributed by atoms with Crippen LogP contribution in [0.5, 0.6) is 11.6 Å². The van der Waals surface area contributed by atoms with Crippen LogP contribution in [0.4, 0.5) is 18.0 Å². The Kier molecular flexibility index (Phi) is 7.79. The summed E-state index contributed by atoms with van der Waals surface area (Å²) in [5.74, 6) is 0.292. The molecule has 1 fully saturated rings. The summed E-state index contributed by atoms with van der Waals surface area (Å²) in [4.78, 5) is 16.0. The van der Waals surface area contributed by atoms with E-state index < -0.39 is 12.5 Å². The van der Waals surface area contributed by atoms with Gasteiger partial charge < -0.3 is 28.8 Å². The van der Waals surface area contributed by atoms with Gasteiger partial charge in [-0.15, -0.1) is 24.5 Å². The average molecular weight is 583 g/mol. The monoisotopic (exact) mass is 582 g/mol. The zero-order valence-electron chi connectivity index (χ0n) is 21.1. The molecule has 5 rings (SSSR count). The first-order chi connectivity index (χ1) is 18.5. The molecule has 0 atom stereocenters. The molecule has 1 saturated heterocycles. The first-order valence-corrected chi connectivity index (χ1v) is 13.6. The van der Waals surface area contributed by atoms with Crippen molar-refractivity contribution in [1.82, 2.24) is 19.9 Å². The zero-order chi connectivity index (χ0) is 27.7. The number of carbonyl (C=O) groups is 1. The highest BCUT2D eigenvalue weighted by molar-refractivity contribution is 7.19. The van der Waals surface area contributed by atoms with Gasteiger partial charge in [-0.3, -0.25) is 0 Å². The molecule has 4 aromatic rings. The van der Waals surface area contributed by atoms with E-state index in [4.69, 9.17) is 20.9 Å². The third kappa shape index (κ3) is 6.68.